The fourth-order valence-electron chi connectivity index (χ4n) is 1.41. The molecule has 0 aliphatic rings. The largest absolute Gasteiger partial charge is 0.321 e. The summed E-state index contributed by atoms with van der Waals surface area (Å²) in [5.74, 6) is -0.147. The van der Waals surface area contributed by atoms with Crippen LogP contribution in [0, 0.1) is 10.5 Å². The number of aryl methyl sites for hydroxylation is 1. The molecule has 2 aromatic rings. The van der Waals surface area contributed by atoms with Gasteiger partial charge in [-0.1, -0.05) is 0 Å². The van der Waals surface area contributed by atoms with Crippen molar-refractivity contribution >= 4 is 50.1 Å². The number of benzene rings is 1. The van der Waals surface area contributed by atoms with E-state index in [2.05, 4.69) is 48.8 Å². The van der Waals surface area contributed by atoms with Crippen molar-refractivity contribution < 1.29 is 4.79 Å². The lowest BCUT2D eigenvalue weighted by Gasteiger charge is -2.07. The molecule has 0 bridgehead atoms. The molecule has 0 radical (unpaired) electrons. The molecular weight excluding hydrogens is 407 g/mol. The van der Waals surface area contributed by atoms with Crippen molar-refractivity contribution in [3.63, 3.8) is 0 Å². The molecule has 1 aromatic heterocycles. The highest BCUT2D eigenvalue weighted by molar-refractivity contribution is 14.1. The lowest BCUT2D eigenvalue weighted by molar-refractivity contribution is 0.102. The number of rotatable bonds is 2. The number of nitrogens with zero attached hydrogens (tertiary/aromatic N) is 1. The first kappa shape index (κ1) is 13.5. The van der Waals surface area contributed by atoms with Crippen molar-refractivity contribution in [3.8, 4) is 0 Å². The summed E-state index contributed by atoms with van der Waals surface area (Å²) in [6.07, 6.45) is 1.65. The van der Waals surface area contributed by atoms with Gasteiger partial charge in [-0.15, -0.1) is 0 Å². The third-order valence-electron chi connectivity index (χ3n) is 2.34. The number of hydrogen-bond acceptors (Lipinski definition) is 2. The summed E-state index contributed by atoms with van der Waals surface area (Å²) in [4.78, 5) is 16.2. The lowest BCUT2D eigenvalue weighted by atomic mass is 10.2. The van der Waals surface area contributed by atoms with E-state index < -0.39 is 0 Å². The first-order valence-electron chi connectivity index (χ1n) is 5.25. The molecule has 0 saturated carbocycles. The van der Waals surface area contributed by atoms with E-state index in [9.17, 15) is 4.79 Å². The monoisotopic (exact) mass is 416 g/mol. The Kier molecular flexibility index (Phi) is 4.34. The van der Waals surface area contributed by atoms with Crippen molar-refractivity contribution in [3.05, 3.63) is 55.8 Å². The number of amides is 1. The van der Waals surface area contributed by atoms with Crippen LogP contribution in [0.2, 0.25) is 0 Å². The van der Waals surface area contributed by atoms with Gasteiger partial charge in [0.15, 0.2) is 0 Å². The van der Waals surface area contributed by atoms with Gasteiger partial charge >= 0.3 is 0 Å². The van der Waals surface area contributed by atoms with E-state index in [1.54, 1.807) is 6.20 Å². The van der Waals surface area contributed by atoms with Crippen molar-refractivity contribution in [1.82, 2.24) is 4.98 Å². The molecule has 0 spiro atoms. The highest BCUT2D eigenvalue weighted by Crippen LogP contribution is 2.20. The molecular formula is C13H10BrIN2O. The third-order valence-corrected chi connectivity index (χ3v) is 3.70. The zero-order valence-electron chi connectivity index (χ0n) is 9.58. The standard InChI is InChI=1S/C13H10BrIN2O/c1-8-2-4-10(7-16-8)17-13(18)11-6-9(15)3-5-12(11)14/h2-7H,1H3,(H,17,18). The van der Waals surface area contributed by atoms with Crippen LogP contribution in [0.1, 0.15) is 16.1 Å². The maximum atomic E-state index is 12.1. The molecule has 1 aromatic carbocycles. The Morgan fingerprint density at radius 2 is 2.11 bits per heavy atom. The van der Waals surface area contributed by atoms with Gasteiger partial charge in [-0.05, 0) is 75.8 Å². The number of pyridine rings is 1. The molecule has 0 aliphatic carbocycles. The fourth-order valence-corrected chi connectivity index (χ4v) is 2.33. The van der Waals surface area contributed by atoms with E-state index in [1.165, 1.54) is 0 Å². The molecule has 5 heteroatoms. The van der Waals surface area contributed by atoms with Gasteiger partial charge in [-0.25, -0.2) is 0 Å². The van der Waals surface area contributed by atoms with Crippen LogP contribution in [0.25, 0.3) is 0 Å². The summed E-state index contributed by atoms with van der Waals surface area (Å²) >= 11 is 5.55. The molecule has 1 heterocycles. The highest BCUT2D eigenvalue weighted by atomic mass is 127. The molecule has 0 saturated heterocycles. The average Bonchev–Trinajstić information content (AvgIpc) is 2.35. The van der Waals surface area contributed by atoms with E-state index >= 15 is 0 Å². The number of carbonyl (C=O) groups is 1. The Hall–Kier alpha value is -0.950. The Balaban J connectivity index is 2.21. The molecule has 0 unspecified atom stereocenters. The molecule has 0 atom stereocenters. The van der Waals surface area contributed by atoms with Gasteiger partial charge in [0.2, 0.25) is 0 Å². The van der Waals surface area contributed by atoms with Crippen molar-refractivity contribution in [1.29, 1.82) is 0 Å². The minimum atomic E-state index is -0.147. The predicted molar refractivity (Wildman–Crippen MR) is 83.8 cm³/mol. The summed E-state index contributed by atoms with van der Waals surface area (Å²) in [5.41, 5.74) is 2.22. The molecule has 92 valence electrons. The molecule has 1 N–H and O–H groups in total. The molecule has 0 fully saturated rings. The lowest BCUT2D eigenvalue weighted by Crippen LogP contribution is -2.13. The van der Waals surface area contributed by atoms with Crippen LogP contribution < -0.4 is 5.32 Å². The summed E-state index contributed by atoms with van der Waals surface area (Å²) < 4.78 is 1.79. The normalized spacial score (nSPS) is 10.2. The van der Waals surface area contributed by atoms with Crippen LogP contribution >= 0.6 is 38.5 Å². The summed E-state index contributed by atoms with van der Waals surface area (Å²) in [6.45, 7) is 1.90. The van der Waals surface area contributed by atoms with Gasteiger partial charge in [0.05, 0.1) is 17.4 Å². The Labute approximate surface area is 127 Å². The number of aromatic nitrogens is 1. The fraction of sp³-hybridized carbons (Fsp3) is 0.0769. The Morgan fingerprint density at radius 3 is 2.78 bits per heavy atom. The van der Waals surface area contributed by atoms with Gasteiger partial charge < -0.3 is 5.32 Å². The second-order valence-corrected chi connectivity index (χ2v) is 5.87. The topological polar surface area (TPSA) is 42.0 Å². The van der Waals surface area contributed by atoms with Crippen LogP contribution in [0.15, 0.2) is 41.0 Å². The zero-order valence-corrected chi connectivity index (χ0v) is 13.3. The van der Waals surface area contributed by atoms with E-state index in [-0.39, 0.29) is 5.91 Å². The van der Waals surface area contributed by atoms with Crippen LogP contribution in [-0.2, 0) is 0 Å². The first-order valence-corrected chi connectivity index (χ1v) is 7.12. The molecule has 0 aliphatic heterocycles. The van der Waals surface area contributed by atoms with Gasteiger partial charge in [-0.2, -0.15) is 0 Å². The quantitative estimate of drug-likeness (QED) is 0.751. The van der Waals surface area contributed by atoms with E-state index in [0.29, 0.717) is 11.3 Å². The van der Waals surface area contributed by atoms with Gasteiger partial charge in [-0.3, -0.25) is 9.78 Å². The van der Waals surface area contributed by atoms with Gasteiger partial charge in [0.25, 0.3) is 5.91 Å². The number of anilines is 1. The number of carbonyl (C=O) groups excluding carboxylic acids is 1. The predicted octanol–water partition coefficient (Wildman–Crippen LogP) is 4.01. The molecule has 3 nitrogen and oxygen atoms in total. The maximum absolute atomic E-state index is 12.1. The maximum Gasteiger partial charge on any atom is 0.256 e. The SMILES string of the molecule is Cc1ccc(NC(=O)c2cc(I)ccc2Br)cn1. The minimum Gasteiger partial charge on any atom is -0.321 e. The summed E-state index contributed by atoms with van der Waals surface area (Å²) in [5, 5.41) is 2.82. The number of nitrogens with one attached hydrogen (secondary N) is 1. The van der Waals surface area contributed by atoms with Crippen LogP contribution in [0.4, 0.5) is 5.69 Å². The van der Waals surface area contributed by atoms with Crippen molar-refractivity contribution in [2.24, 2.45) is 0 Å². The van der Waals surface area contributed by atoms with E-state index in [1.807, 2.05) is 37.3 Å². The van der Waals surface area contributed by atoms with Gasteiger partial charge in [0, 0.05) is 13.7 Å². The second kappa shape index (κ2) is 5.79. The van der Waals surface area contributed by atoms with E-state index in [0.717, 1.165) is 13.7 Å². The molecule has 2 rings (SSSR count). The average molecular weight is 417 g/mol. The summed E-state index contributed by atoms with van der Waals surface area (Å²) in [7, 11) is 0. The number of hydrogen-bond donors (Lipinski definition) is 1. The third kappa shape index (κ3) is 3.29. The molecule has 1 amide bonds. The van der Waals surface area contributed by atoms with Crippen LogP contribution in [0.3, 0.4) is 0 Å². The van der Waals surface area contributed by atoms with Crippen molar-refractivity contribution in [2.45, 2.75) is 6.92 Å². The number of halogens is 2. The van der Waals surface area contributed by atoms with Crippen LogP contribution in [-0.4, -0.2) is 10.9 Å². The van der Waals surface area contributed by atoms with Gasteiger partial charge in [0.1, 0.15) is 0 Å². The summed E-state index contributed by atoms with van der Waals surface area (Å²) in [6, 6.07) is 9.34. The molecule has 18 heavy (non-hydrogen) atoms. The smallest absolute Gasteiger partial charge is 0.256 e. The Morgan fingerprint density at radius 1 is 1.33 bits per heavy atom. The van der Waals surface area contributed by atoms with Crippen molar-refractivity contribution in [2.75, 3.05) is 5.32 Å². The first-order chi connectivity index (χ1) is 8.56. The second-order valence-electron chi connectivity index (χ2n) is 3.77. The minimum absolute atomic E-state index is 0.147. The van der Waals surface area contributed by atoms with E-state index in [4.69, 9.17) is 0 Å². The van der Waals surface area contributed by atoms with Crippen LogP contribution in [0.5, 0.6) is 0 Å². The Bertz CT molecular complexity index is 584. The zero-order chi connectivity index (χ0) is 13.1. The highest BCUT2D eigenvalue weighted by Gasteiger charge is 2.10.